The van der Waals surface area contributed by atoms with Crippen LogP contribution in [0, 0.1) is 17.0 Å². The molecule has 0 saturated carbocycles. The predicted molar refractivity (Wildman–Crippen MR) is 131 cm³/mol. The highest BCUT2D eigenvalue weighted by Gasteiger charge is 2.19. The fourth-order valence-electron chi connectivity index (χ4n) is 3.61. The Hall–Kier alpha value is -4.11. The predicted octanol–water partition coefficient (Wildman–Crippen LogP) is 5.94. The molecule has 1 heterocycles. The molecule has 0 radical (unpaired) electrons. The van der Waals surface area contributed by atoms with E-state index in [1.54, 1.807) is 57.7 Å². The summed E-state index contributed by atoms with van der Waals surface area (Å²) in [6.07, 6.45) is 1.63. The first-order chi connectivity index (χ1) is 16.4. The molecule has 174 valence electrons. The maximum atomic E-state index is 11.4. The number of nitro groups is 1. The number of aryl methyl sites for hydroxylation is 1. The van der Waals surface area contributed by atoms with Crippen molar-refractivity contribution in [2.45, 2.75) is 6.92 Å². The lowest BCUT2D eigenvalue weighted by Crippen LogP contribution is -2.02. The third-order valence-electron chi connectivity index (χ3n) is 5.34. The number of nitrogens with zero attached hydrogens (tertiary/aromatic N) is 3. The first kappa shape index (κ1) is 23.1. The summed E-state index contributed by atoms with van der Waals surface area (Å²) in [6.45, 7) is 1.78. The van der Waals surface area contributed by atoms with Crippen molar-refractivity contribution in [3.05, 3.63) is 69.4 Å². The zero-order chi connectivity index (χ0) is 24.4. The molecular formula is C24H21ClN4O5. The number of halogens is 1. The standard InChI is InChI=1S/C24H21ClN4O5/c1-13-6-5-7-19(29(30)31)23(13)28-24-26-12-14-8-16(20(33-3)11-18(14)27-24)17-9-15(32-2)10-21(34-4)22(17)25/h5-12H,1-4H3,(H,26,27,28). The first-order valence-electron chi connectivity index (χ1n) is 10.1. The molecular weight excluding hydrogens is 460 g/mol. The molecule has 0 unspecified atom stereocenters. The average Bonchev–Trinajstić information content (AvgIpc) is 2.84. The lowest BCUT2D eigenvalue weighted by molar-refractivity contribution is -0.384. The molecule has 0 aliphatic carbocycles. The van der Waals surface area contributed by atoms with Crippen LogP contribution in [0.2, 0.25) is 5.02 Å². The van der Waals surface area contributed by atoms with Crippen molar-refractivity contribution < 1.29 is 19.1 Å². The second kappa shape index (κ2) is 9.40. The van der Waals surface area contributed by atoms with Gasteiger partial charge in [-0.3, -0.25) is 10.1 Å². The van der Waals surface area contributed by atoms with Gasteiger partial charge in [0.05, 0.1) is 36.8 Å². The lowest BCUT2D eigenvalue weighted by atomic mass is 10.0. The number of nitro benzene ring substituents is 1. The third kappa shape index (κ3) is 4.25. The van der Waals surface area contributed by atoms with Crippen LogP contribution in [0.5, 0.6) is 17.2 Å². The van der Waals surface area contributed by atoms with Crippen molar-refractivity contribution in [3.63, 3.8) is 0 Å². The largest absolute Gasteiger partial charge is 0.497 e. The normalized spacial score (nSPS) is 10.7. The van der Waals surface area contributed by atoms with Crippen molar-refractivity contribution in [3.8, 4) is 28.4 Å². The molecule has 0 amide bonds. The molecule has 0 saturated heterocycles. The van der Waals surface area contributed by atoms with E-state index in [4.69, 9.17) is 25.8 Å². The van der Waals surface area contributed by atoms with Crippen LogP contribution in [-0.4, -0.2) is 36.2 Å². The highest BCUT2D eigenvalue weighted by Crippen LogP contribution is 2.43. The molecule has 0 atom stereocenters. The fraction of sp³-hybridized carbons (Fsp3) is 0.167. The van der Waals surface area contributed by atoms with E-state index in [2.05, 4.69) is 15.3 Å². The van der Waals surface area contributed by atoms with Crippen molar-refractivity contribution >= 4 is 39.8 Å². The van der Waals surface area contributed by atoms with Crippen LogP contribution >= 0.6 is 11.6 Å². The molecule has 0 aliphatic rings. The number of aromatic nitrogens is 2. The topological polar surface area (TPSA) is 109 Å². The molecule has 0 aliphatic heterocycles. The van der Waals surface area contributed by atoms with Gasteiger partial charge in [-0.2, -0.15) is 0 Å². The van der Waals surface area contributed by atoms with E-state index in [-0.39, 0.29) is 11.6 Å². The minimum atomic E-state index is -0.447. The molecule has 4 aromatic rings. The number of ether oxygens (including phenoxy) is 3. The number of anilines is 2. The number of benzene rings is 3. The second-order valence-corrected chi connectivity index (χ2v) is 7.73. The van der Waals surface area contributed by atoms with Gasteiger partial charge in [-0.15, -0.1) is 0 Å². The van der Waals surface area contributed by atoms with Crippen LogP contribution in [0.4, 0.5) is 17.3 Å². The molecule has 0 spiro atoms. The van der Waals surface area contributed by atoms with Crippen LogP contribution in [-0.2, 0) is 0 Å². The van der Waals surface area contributed by atoms with Crippen molar-refractivity contribution in [2.24, 2.45) is 0 Å². The van der Waals surface area contributed by atoms with E-state index in [1.807, 2.05) is 6.07 Å². The fourth-order valence-corrected chi connectivity index (χ4v) is 3.90. The van der Waals surface area contributed by atoms with Crippen molar-refractivity contribution in [1.82, 2.24) is 9.97 Å². The summed E-state index contributed by atoms with van der Waals surface area (Å²) >= 11 is 6.59. The van der Waals surface area contributed by atoms with Crippen LogP contribution in [0.3, 0.4) is 0 Å². The third-order valence-corrected chi connectivity index (χ3v) is 5.73. The average molecular weight is 481 g/mol. The number of hydrogen-bond acceptors (Lipinski definition) is 8. The Morgan fingerprint density at radius 2 is 1.76 bits per heavy atom. The van der Waals surface area contributed by atoms with Gasteiger partial charge in [-0.05, 0) is 24.6 Å². The maximum Gasteiger partial charge on any atom is 0.293 e. The van der Waals surface area contributed by atoms with E-state index in [0.29, 0.717) is 50.2 Å². The van der Waals surface area contributed by atoms with Crippen molar-refractivity contribution in [1.29, 1.82) is 0 Å². The van der Waals surface area contributed by atoms with Gasteiger partial charge < -0.3 is 19.5 Å². The van der Waals surface area contributed by atoms with Crippen LogP contribution in [0.1, 0.15) is 5.56 Å². The monoisotopic (exact) mass is 480 g/mol. The molecule has 9 nitrogen and oxygen atoms in total. The van der Waals surface area contributed by atoms with Gasteiger partial charge in [0.2, 0.25) is 5.95 Å². The maximum absolute atomic E-state index is 11.4. The molecule has 1 N–H and O–H groups in total. The Morgan fingerprint density at radius 3 is 2.44 bits per heavy atom. The van der Waals surface area contributed by atoms with Gasteiger partial charge in [-0.1, -0.05) is 23.7 Å². The Bertz CT molecular complexity index is 1410. The molecule has 34 heavy (non-hydrogen) atoms. The van der Waals surface area contributed by atoms with Gasteiger partial charge in [0, 0.05) is 40.9 Å². The number of para-hydroxylation sites is 1. The minimum absolute atomic E-state index is 0.0572. The van der Waals surface area contributed by atoms with E-state index in [1.165, 1.54) is 13.2 Å². The Morgan fingerprint density at radius 1 is 1.00 bits per heavy atom. The number of fused-ring (bicyclic) bond motifs is 1. The van der Waals surface area contributed by atoms with E-state index < -0.39 is 4.92 Å². The van der Waals surface area contributed by atoms with E-state index in [0.717, 1.165) is 5.39 Å². The van der Waals surface area contributed by atoms with Gasteiger partial charge in [0.1, 0.15) is 22.9 Å². The minimum Gasteiger partial charge on any atom is -0.497 e. The number of methoxy groups -OCH3 is 3. The zero-order valence-electron chi connectivity index (χ0n) is 18.9. The number of hydrogen-bond donors (Lipinski definition) is 1. The van der Waals surface area contributed by atoms with Crippen LogP contribution in [0.25, 0.3) is 22.0 Å². The van der Waals surface area contributed by atoms with Gasteiger partial charge in [0.25, 0.3) is 5.69 Å². The smallest absolute Gasteiger partial charge is 0.293 e. The van der Waals surface area contributed by atoms with Gasteiger partial charge >= 0.3 is 0 Å². The molecule has 0 bridgehead atoms. The Balaban J connectivity index is 1.82. The molecule has 1 aromatic heterocycles. The zero-order valence-corrected chi connectivity index (χ0v) is 19.6. The quantitative estimate of drug-likeness (QED) is 0.256. The lowest BCUT2D eigenvalue weighted by Gasteiger charge is -2.15. The van der Waals surface area contributed by atoms with Gasteiger partial charge in [-0.25, -0.2) is 9.97 Å². The second-order valence-electron chi connectivity index (χ2n) is 7.35. The number of nitrogens with one attached hydrogen (secondary N) is 1. The summed E-state index contributed by atoms with van der Waals surface area (Å²) in [4.78, 5) is 19.9. The Labute approximate surface area is 200 Å². The van der Waals surface area contributed by atoms with Gasteiger partial charge in [0.15, 0.2) is 0 Å². The summed E-state index contributed by atoms with van der Waals surface area (Å²) in [5.74, 6) is 1.79. The molecule has 4 rings (SSSR count). The number of rotatable bonds is 7. The molecule has 0 fully saturated rings. The van der Waals surface area contributed by atoms with Crippen molar-refractivity contribution in [2.75, 3.05) is 26.6 Å². The first-order valence-corrected chi connectivity index (χ1v) is 10.5. The summed E-state index contributed by atoms with van der Waals surface area (Å²) in [7, 11) is 4.64. The summed E-state index contributed by atoms with van der Waals surface area (Å²) in [5, 5.41) is 15.5. The Kier molecular flexibility index (Phi) is 6.38. The summed E-state index contributed by atoms with van der Waals surface area (Å²) in [6, 6.07) is 11.9. The van der Waals surface area contributed by atoms with Crippen LogP contribution < -0.4 is 19.5 Å². The molecule has 3 aromatic carbocycles. The highest BCUT2D eigenvalue weighted by atomic mass is 35.5. The van der Waals surface area contributed by atoms with E-state index >= 15 is 0 Å². The highest BCUT2D eigenvalue weighted by molar-refractivity contribution is 6.35. The summed E-state index contributed by atoms with van der Waals surface area (Å²) < 4.78 is 16.4. The van der Waals surface area contributed by atoms with E-state index in [9.17, 15) is 10.1 Å². The molecule has 10 heteroatoms. The van der Waals surface area contributed by atoms with Crippen LogP contribution in [0.15, 0.2) is 48.7 Å². The summed E-state index contributed by atoms with van der Waals surface area (Å²) in [5.41, 5.74) is 2.93. The SMILES string of the molecule is COc1cc(OC)c(Cl)c(-c2cc3cnc(Nc4c(C)cccc4[N+](=O)[O-])nc3cc2OC)c1.